The predicted molar refractivity (Wildman–Crippen MR) is 140 cm³/mol. The molecular weight excluding hydrogens is 452 g/mol. The van der Waals surface area contributed by atoms with Crippen molar-refractivity contribution in [3.8, 4) is 0 Å². The van der Waals surface area contributed by atoms with Crippen LogP contribution in [0, 0.1) is 29.6 Å². The normalized spacial score (nSPS) is 22.6. The molecule has 1 aromatic rings. The molecule has 1 atom stereocenters. The van der Waals surface area contributed by atoms with Gasteiger partial charge in [0.15, 0.2) is 0 Å². The van der Waals surface area contributed by atoms with Crippen molar-refractivity contribution in [2.24, 2.45) is 22.7 Å². The molecule has 3 heterocycles. The summed E-state index contributed by atoms with van der Waals surface area (Å²) < 4.78 is 0. The summed E-state index contributed by atoms with van der Waals surface area (Å²) >= 11 is 0. The molecule has 1 N–H and O–H groups in total. The lowest BCUT2D eigenvalue weighted by atomic mass is 9.76. The van der Waals surface area contributed by atoms with Crippen molar-refractivity contribution in [2.75, 3.05) is 32.7 Å². The van der Waals surface area contributed by atoms with Crippen LogP contribution >= 0.6 is 0 Å². The number of carbonyl (C=O) groups is 3. The third kappa shape index (κ3) is 6.09. The summed E-state index contributed by atoms with van der Waals surface area (Å²) in [6.07, 6.45) is 9.71. The highest BCUT2D eigenvalue weighted by Gasteiger charge is 2.44. The quantitative estimate of drug-likeness (QED) is 0.662. The Bertz CT molecular complexity index is 954. The Morgan fingerprint density at radius 3 is 2.36 bits per heavy atom. The van der Waals surface area contributed by atoms with Crippen molar-refractivity contribution < 1.29 is 14.4 Å². The third-order valence-electron chi connectivity index (χ3n) is 8.82. The van der Waals surface area contributed by atoms with E-state index in [-0.39, 0.29) is 34.5 Å². The molecule has 0 radical (unpaired) electrons. The fourth-order valence-corrected chi connectivity index (χ4v) is 6.39. The van der Waals surface area contributed by atoms with Crippen molar-refractivity contribution in [3.63, 3.8) is 0 Å². The lowest BCUT2D eigenvalue weighted by Gasteiger charge is -2.39. The molecule has 0 bridgehead atoms. The number of pyridine rings is 1. The van der Waals surface area contributed by atoms with Gasteiger partial charge in [-0.25, -0.2) is 0 Å². The van der Waals surface area contributed by atoms with Crippen LogP contribution in [0.15, 0.2) is 18.3 Å². The summed E-state index contributed by atoms with van der Waals surface area (Å²) in [5.74, 6) is 1.20. The van der Waals surface area contributed by atoms with Crippen LogP contribution in [0.25, 0.3) is 0 Å². The van der Waals surface area contributed by atoms with Crippen molar-refractivity contribution in [1.82, 2.24) is 20.1 Å². The highest BCUT2D eigenvalue weighted by Crippen LogP contribution is 2.49. The van der Waals surface area contributed by atoms with Crippen LogP contribution in [0.1, 0.15) is 88.2 Å². The van der Waals surface area contributed by atoms with Crippen molar-refractivity contribution in [3.05, 3.63) is 29.6 Å². The van der Waals surface area contributed by atoms with Gasteiger partial charge in [-0.15, -0.1) is 0 Å². The zero-order valence-electron chi connectivity index (χ0n) is 22.6. The van der Waals surface area contributed by atoms with Gasteiger partial charge in [-0.05, 0) is 81.8 Å². The highest BCUT2D eigenvalue weighted by atomic mass is 16.2. The van der Waals surface area contributed by atoms with E-state index in [1.54, 1.807) is 6.20 Å². The molecule has 1 saturated carbocycles. The van der Waals surface area contributed by atoms with Gasteiger partial charge in [0, 0.05) is 55.9 Å². The monoisotopic (exact) mass is 496 g/mol. The van der Waals surface area contributed by atoms with E-state index in [2.05, 4.69) is 10.3 Å². The number of likely N-dealkylation sites (tertiary alicyclic amines) is 2. The van der Waals surface area contributed by atoms with Crippen LogP contribution in [0.2, 0.25) is 0 Å². The summed E-state index contributed by atoms with van der Waals surface area (Å²) in [7, 11) is 0. The molecular formula is C29H44N4O3. The van der Waals surface area contributed by atoms with Crippen LogP contribution in [-0.4, -0.2) is 65.2 Å². The first-order valence-electron chi connectivity index (χ1n) is 13.9. The Morgan fingerprint density at radius 2 is 1.72 bits per heavy atom. The second-order valence-corrected chi connectivity index (χ2v) is 12.4. The molecule has 7 heteroatoms. The molecule has 0 unspecified atom stereocenters. The molecule has 4 rings (SSSR count). The number of hydrogen-bond acceptors (Lipinski definition) is 4. The fraction of sp³-hybridized carbons (Fsp3) is 0.724. The SMILES string of the molecule is Cc1ncccc1C(=O)N1CCC2(CC[C@@H](C(=O)NCCC3CCN(C(=O)C(C)(C)C)CC3)C2)CC1. The molecule has 1 aliphatic carbocycles. The average molecular weight is 497 g/mol. The van der Waals surface area contributed by atoms with Gasteiger partial charge in [-0.3, -0.25) is 19.4 Å². The Morgan fingerprint density at radius 1 is 1.03 bits per heavy atom. The van der Waals surface area contributed by atoms with Gasteiger partial charge >= 0.3 is 0 Å². The van der Waals surface area contributed by atoms with Gasteiger partial charge in [0.1, 0.15) is 0 Å². The van der Waals surface area contributed by atoms with Crippen LogP contribution in [0.5, 0.6) is 0 Å². The number of aromatic nitrogens is 1. The van der Waals surface area contributed by atoms with Crippen molar-refractivity contribution in [1.29, 1.82) is 0 Å². The molecule has 3 amide bonds. The standard InChI is InChI=1S/C29H44N4O3/c1-21-24(6-5-14-30-21)26(35)32-18-12-29(13-19-32)11-7-23(20-29)25(34)31-15-8-22-9-16-33(17-10-22)27(36)28(2,3)4/h5-6,14,22-23H,7-13,15-20H2,1-4H3,(H,31,34)/t23-/m1/s1. The first-order chi connectivity index (χ1) is 17.1. The van der Waals surface area contributed by atoms with Crippen LogP contribution < -0.4 is 5.32 Å². The molecule has 2 aliphatic heterocycles. The number of nitrogens with one attached hydrogen (secondary N) is 1. The van der Waals surface area contributed by atoms with Gasteiger partial charge in [0.2, 0.25) is 11.8 Å². The second kappa shape index (κ2) is 10.9. The Hall–Kier alpha value is -2.44. The van der Waals surface area contributed by atoms with Crippen molar-refractivity contribution >= 4 is 17.7 Å². The maximum absolute atomic E-state index is 12.9. The first-order valence-corrected chi connectivity index (χ1v) is 13.9. The highest BCUT2D eigenvalue weighted by molar-refractivity contribution is 5.95. The fourth-order valence-electron chi connectivity index (χ4n) is 6.39. The lowest BCUT2D eigenvalue weighted by molar-refractivity contribution is -0.140. The zero-order chi connectivity index (χ0) is 25.9. The van der Waals surface area contributed by atoms with Gasteiger partial charge in [0.25, 0.3) is 5.91 Å². The Balaban J connectivity index is 1.17. The molecule has 3 aliphatic rings. The van der Waals surface area contributed by atoms with Crippen LogP contribution in [0.3, 0.4) is 0 Å². The molecule has 1 spiro atoms. The summed E-state index contributed by atoms with van der Waals surface area (Å²) in [5.41, 5.74) is 1.37. The predicted octanol–water partition coefficient (Wildman–Crippen LogP) is 4.20. The number of rotatable bonds is 5. The van der Waals surface area contributed by atoms with E-state index >= 15 is 0 Å². The molecule has 2 saturated heterocycles. The molecule has 198 valence electrons. The zero-order valence-corrected chi connectivity index (χ0v) is 22.6. The molecule has 0 aromatic carbocycles. The lowest BCUT2D eigenvalue weighted by Crippen LogP contribution is -2.44. The minimum absolute atomic E-state index is 0.0799. The van der Waals surface area contributed by atoms with E-state index in [0.717, 1.165) is 89.8 Å². The topological polar surface area (TPSA) is 82.6 Å². The smallest absolute Gasteiger partial charge is 0.255 e. The van der Waals surface area contributed by atoms with Crippen LogP contribution in [-0.2, 0) is 9.59 Å². The second-order valence-electron chi connectivity index (χ2n) is 12.4. The number of carbonyl (C=O) groups excluding carboxylic acids is 3. The van der Waals surface area contributed by atoms with E-state index in [1.807, 2.05) is 49.6 Å². The largest absolute Gasteiger partial charge is 0.356 e. The third-order valence-corrected chi connectivity index (χ3v) is 8.82. The minimum atomic E-state index is -0.315. The van der Waals surface area contributed by atoms with Crippen LogP contribution in [0.4, 0.5) is 0 Å². The number of nitrogens with zero attached hydrogens (tertiary/aromatic N) is 3. The van der Waals surface area contributed by atoms with E-state index in [9.17, 15) is 14.4 Å². The van der Waals surface area contributed by atoms with E-state index in [4.69, 9.17) is 0 Å². The summed E-state index contributed by atoms with van der Waals surface area (Å²) in [4.78, 5) is 46.6. The number of aryl methyl sites for hydroxylation is 1. The van der Waals surface area contributed by atoms with E-state index in [0.29, 0.717) is 11.5 Å². The average Bonchev–Trinajstić information content (AvgIpc) is 3.27. The van der Waals surface area contributed by atoms with Gasteiger partial charge in [0.05, 0.1) is 5.56 Å². The van der Waals surface area contributed by atoms with Gasteiger partial charge in [-0.2, -0.15) is 0 Å². The van der Waals surface area contributed by atoms with E-state index < -0.39 is 0 Å². The molecule has 3 fully saturated rings. The summed E-state index contributed by atoms with van der Waals surface area (Å²) in [5, 5.41) is 3.22. The molecule has 36 heavy (non-hydrogen) atoms. The minimum Gasteiger partial charge on any atom is -0.356 e. The number of amides is 3. The number of piperidine rings is 2. The summed E-state index contributed by atoms with van der Waals surface area (Å²) in [6.45, 7) is 11.8. The number of hydrogen-bond donors (Lipinski definition) is 1. The maximum Gasteiger partial charge on any atom is 0.255 e. The Kier molecular flexibility index (Phi) is 8.06. The molecule has 7 nitrogen and oxygen atoms in total. The van der Waals surface area contributed by atoms with Gasteiger partial charge in [-0.1, -0.05) is 20.8 Å². The molecule has 1 aromatic heterocycles. The Labute approximate surface area is 216 Å². The van der Waals surface area contributed by atoms with Gasteiger partial charge < -0.3 is 15.1 Å². The maximum atomic E-state index is 12.9. The van der Waals surface area contributed by atoms with E-state index in [1.165, 1.54) is 0 Å². The van der Waals surface area contributed by atoms with Crippen molar-refractivity contribution in [2.45, 2.75) is 79.1 Å². The summed E-state index contributed by atoms with van der Waals surface area (Å²) in [6, 6.07) is 3.68. The first kappa shape index (κ1) is 26.6.